The van der Waals surface area contributed by atoms with Crippen molar-refractivity contribution in [3.63, 3.8) is 0 Å². The predicted molar refractivity (Wildman–Crippen MR) is 78.0 cm³/mol. The Morgan fingerprint density at radius 1 is 1.43 bits per heavy atom. The molecule has 1 amide bonds. The highest BCUT2D eigenvalue weighted by molar-refractivity contribution is 9.10. The van der Waals surface area contributed by atoms with Crippen LogP contribution < -0.4 is 5.32 Å². The van der Waals surface area contributed by atoms with E-state index >= 15 is 0 Å². The standard InChI is InChI=1S/C13H17BrF3N3O/c1-4-20(5-2)12(21)8(3)19-11-10(13(15,16)17)6-9(14)7-18-11/h6-8H,4-5H2,1-3H3,(H,18,19). The van der Waals surface area contributed by atoms with Crippen LogP contribution >= 0.6 is 15.9 Å². The highest BCUT2D eigenvalue weighted by atomic mass is 79.9. The van der Waals surface area contributed by atoms with Crippen LogP contribution in [0, 0.1) is 0 Å². The van der Waals surface area contributed by atoms with E-state index in [-0.39, 0.29) is 16.2 Å². The first kappa shape index (κ1) is 17.7. The van der Waals surface area contributed by atoms with Crippen molar-refractivity contribution in [2.45, 2.75) is 33.0 Å². The lowest BCUT2D eigenvalue weighted by Gasteiger charge is -2.24. The predicted octanol–water partition coefficient (Wildman–Crippen LogP) is 3.53. The van der Waals surface area contributed by atoms with Gasteiger partial charge in [-0.3, -0.25) is 4.79 Å². The summed E-state index contributed by atoms with van der Waals surface area (Å²) in [6.45, 7) is 6.15. The summed E-state index contributed by atoms with van der Waals surface area (Å²) < 4.78 is 39.1. The summed E-state index contributed by atoms with van der Waals surface area (Å²) in [6, 6.07) is 0.142. The minimum atomic E-state index is -4.54. The lowest BCUT2D eigenvalue weighted by atomic mass is 10.2. The van der Waals surface area contributed by atoms with Gasteiger partial charge < -0.3 is 10.2 Å². The molecule has 0 fully saturated rings. The van der Waals surface area contributed by atoms with Gasteiger partial charge in [-0.25, -0.2) is 4.98 Å². The van der Waals surface area contributed by atoms with E-state index in [9.17, 15) is 18.0 Å². The van der Waals surface area contributed by atoms with Gasteiger partial charge in [0.15, 0.2) is 0 Å². The highest BCUT2D eigenvalue weighted by Gasteiger charge is 2.35. The number of aromatic nitrogens is 1. The van der Waals surface area contributed by atoms with Crippen molar-refractivity contribution in [1.29, 1.82) is 0 Å². The van der Waals surface area contributed by atoms with E-state index in [2.05, 4.69) is 26.2 Å². The second-order valence-electron chi connectivity index (χ2n) is 4.42. The van der Waals surface area contributed by atoms with Gasteiger partial charge >= 0.3 is 6.18 Å². The third-order valence-corrected chi connectivity index (χ3v) is 3.39. The molecule has 0 saturated heterocycles. The molecule has 1 aromatic heterocycles. The fraction of sp³-hybridized carbons (Fsp3) is 0.538. The van der Waals surface area contributed by atoms with Crippen LogP contribution in [-0.2, 0) is 11.0 Å². The number of halogens is 4. The number of anilines is 1. The number of pyridine rings is 1. The zero-order valence-electron chi connectivity index (χ0n) is 12.0. The summed E-state index contributed by atoms with van der Waals surface area (Å²) in [6.07, 6.45) is -3.29. The van der Waals surface area contributed by atoms with Gasteiger partial charge in [0, 0.05) is 23.8 Å². The molecule has 0 spiro atoms. The van der Waals surface area contributed by atoms with Crippen LogP contribution in [0.25, 0.3) is 0 Å². The average Bonchev–Trinajstić information content (AvgIpc) is 2.40. The van der Waals surface area contributed by atoms with E-state index in [4.69, 9.17) is 0 Å². The molecule has 0 radical (unpaired) electrons. The van der Waals surface area contributed by atoms with Crippen LogP contribution in [0.5, 0.6) is 0 Å². The number of nitrogens with one attached hydrogen (secondary N) is 1. The minimum Gasteiger partial charge on any atom is -0.358 e. The number of nitrogens with zero attached hydrogens (tertiary/aromatic N) is 2. The third-order valence-electron chi connectivity index (χ3n) is 2.96. The summed E-state index contributed by atoms with van der Waals surface area (Å²) in [7, 11) is 0. The molecule has 0 saturated carbocycles. The largest absolute Gasteiger partial charge is 0.419 e. The molecule has 0 bridgehead atoms. The van der Waals surface area contributed by atoms with Gasteiger partial charge in [-0.2, -0.15) is 13.2 Å². The summed E-state index contributed by atoms with van der Waals surface area (Å²) in [5.41, 5.74) is -0.906. The minimum absolute atomic E-state index is 0.225. The molecule has 4 nitrogen and oxygen atoms in total. The third kappa shape index (κ3) is 4.59. The normalized spacial score (nSPS) is 12.9. The van der Waals surface area contributed by atoms with Crippen LogP contribution in [0.2, 0.25) is 0 Å². The Morgan fingerprint density at radius 3 is 2.48 bits per heavy atom. The van der Waals surface area contributed by atoms with Crippen LogP contribution in [0.4, 0.5) is 19.0 Å². The van der Waals surface area contributed by atoms with Crippen molar-refractivity contribution < 1.29 is 18.0 Å². The van der Waals surface area contributed by atoms with Crippen LogP contribution in [0.3, 0.4) is 0 Å². The molecule has 1 aromatic rings. The first-order valence-corrected chi connectivity index (χ1v) is 7.28. The zero-order valence-corrected chi connectivity index (χ0v) is 13.5. The Hall–Kier alpha value is -1.31. The van der Waals surface area contributed by atoms with E-state index in [1.165, 1.54) is 13.1 Å². The first-order valence-electron chi connectivity index (χ1n) is 6.48. The molecule has 21 heavy (non-hydrogen) atoms. The monoisotopic (exact) mass is 367 g/mol. The van der Waals surface area contributed by atoms with Gasteiger partial charge in [0.05, 0.1) is 5.56 Å². The van der Waals surface area contributed by atoms with E-state index in [0.29, 0.717) is 13.1 Å². The molecule has 118 valence electrons. The Kier molecular flexibility index (Phi) is 6.00. The molecule has 8 heteroatoms. The smallest absolute Gasteiger partial charge is 0.358 e. The van der Waals surface area contributed by atoms with Gasteiger partial charge in [-0.15, -0.1) is 0 Å². The van der Waals surface area contributed by atoms with Crippen molar-refractivity contribution in [2.75, 3.05) is 18.4 Å². The number of rotatable bonds is 5. The fourth-order valence-electron chi connectivity index (χ4n) is 1.85. The number of amides is 1. The van der Waals surface area contributed by atoms with Crippen molar-refractivity contribution >= 4 is 27.7 Å². The summed E-state index contributed by atoms with van der Waals surface area (Å²) in [5.74, 6) is -0.614. The topological polar surface area (TPSA) is 45.2 Å². The van der Waals surface area contributed by atoms with Crippen molar-refractivity contribution in [2.24, 2.45) is 0 Å². The van der Waals surface area contributed by atoms with Crippen molar-refractivity contribution in [3.8, 4) is 0 Å². The molecule has 1 unspecified atom stereocenters. The van der Waals surface area contributed by atoms with Crippen molar-refractivity contribution in [3.05, 3.63) is 22.3 Å². The van der Waals surface area contributed by atoms with Crippen LogP contribution in [-0.4, -0.2) is 34.9 Å². The Labute approximate surface area is 129 Å². The first-order chi connectivity index (χ1) is 9.70. The maximum absolute atomic E-state index is 13.0. The Balaban J connectivity index is 3.00. The van der Waals surface area contributed by atoms with Gasteiger partial charge in [0.25, 0.3) is 0 Å². The molecule has 1 N–H and O–H groups in total. The number of hydrogen-bond donors (Lipinski definition) is 1. The molecule has 0 aliphatic rings. The Bertz CT molecular complexity index is 504. The summed E-state index contributed by atoms with van der Waals surface area (Å²) in [4.78, 5) is 17.4. The number of hydrogen-bond acceptors (Lipinski definition) is 3. The molecule has 0 aliphatic carbocycles. The van der Waals surface area contributed by atoms with E-state index in [1.54, 1.807) is 4.90 Å². The highest BCUT2D eigenvalue weighted by Crippen LogP contribution is 2.35. The maximum atomic E-state index is 13.0. The second-order valence-corrected chi connectivity index (χ2v) is 5.34. The van der Waals surface area contributed by atoms with E-state index in [0.717, 1.165) is 6.07 Å². The second kappa shape index (κ2) is 7.11. The molecular weight excluding hydrogens is 351 g/mol. The quantitative estimate of drug-likeness (QED) is 0.865. The summed E-state index contributed by atoms with van der Waals surface area (Å²) >= 11 is 2.96. The lowest BCUT2D eigenvalue weighted by molar-refractivity contribution is -0.137. The number of alkyl halides is 3. The van der Waals surface area contributed by atoms with Gasteiger partial charge in [-0.05, 0) is 42.8 Å². The van der Waals surface area contributed by atoms with Crippen molar-refractivity contribution in [1.82, 2.24) is 9.88 Å². The number of likely N-dealkylation sites (N-methyl/N-ethyl adjacent to an activating group) is 1. The summed E-state index contributed by atoms with van der Waals surface area (Å²) in [5, 5.41) is 2.55. The van der Waals surface area contributed by atoms with Gasteiger partial charge in [0.2, 0.25) is 5.91 Å². The molecule has 1 heterocycles. The average molecular weight is 368 g/mol. The number of carbonyl (C=O) groups is 1. The fourth-order valence-corrected chi connectivity index (χ4v) is 2.18. The zero-order chi connectivity index (χ0) is 16.2. The lowest BCUT2D eigenvalue weighted by Crippen LogP contribution is -2.41. The maximum Gasteiger partial charge on any atom is 0.419 e. The molecular formula is C13H17BrF3N3O. The SMILES string of the molecule is CCN(CC)C(=O)C(C)Nc1ncc(Br)cc1C(F)(F)F. The van der Waals surface area contributed by atoms with Gasteiger partial charge in [0.1, 0.15) is 11.9 Å². The van der Waals surface area contributed by atoms with Gasteiger partial charge in [-0.1, -0.05) is 0 Å². The molecule has 1 rings (SSSR count). The molecule has 0 aromatic carbocycles. The van der Waals surface area contributed by atoms with E-state index < -0.39 is 17.8 Å². The van der Waals surface area contributed by atoms with Crippen LogP contribution in [0.1, 0.15) is 26.3 Å². The molecule has 0 aliphatic heterocycles. The van der Waals surface area contributed by atoms with E-state index in [1.807, 2.05) is 13.8 Å². The number of carbonyl (C=O) groups excluding carboxylic acids is 1. The Morgan fingerprint density at radius 2 is 2.00 bits per heavy atom. The van der Waals surface area contributed by atoms with Crippen LogP contribution in [0.15, 0.2) is 16.7 Å². The molecule has 1 atom stereocenters.